The van der Waals surface area contributed by atoms with Crippen LogP contribution in [0.5, 0.6) is 5.75 Å². The topological polar surface area (TPSA) is 62.7 Å². The van der Waals surface area contributed by atoms with Crippen molar-refractivity contribution in [2.45, 2.75) is 25.9 Å². The number of aromatic nitrogens is 1. The third-order valence-electron chi connectivity index (χ3n) is 5.15. The number of piperazine rings is 1. The molecule has 6 nitrogen and oxygen atoms in total. The Morgan fingerprint density at radius 2 is 1.78 bits per heavy atom. The summed E-state index contributed by atoms with van der Waals surface area (Å²) in [7, 11) is 0. The summed E-state index contributed by atoms with van der Waals surface area (Å²) >= 11 is 6.01. The second kappa shape index (κ2) is 10.2. The van der Waals surface area contributed by atoms with Gasteiger partial charge in [-0.3, -0.25) is 9.59 Å². The number of nitrogens with zero attached hydrogens (tertiary/aromatic N) is 3. The highest BCUT2D eigenvalue weighted by atomic mass is 35.5. The number of amides is 1. The van der Waals surface area contributed by atoms with Gasteiger partial charge in [0.2, 0.25) is 5.91 Å². The maximum Gasteiger partial charge on any atom is 0.417 e. The summed E-state index contributed by atoms with van der Waals surface area (Å²) in [6, 6.07) is 7.70. The Kier molecular flexibility index (Phi) is 7.60. The van der Waals surface area contributed by atoms with Crippen LogP contribution in [0.25, 0.3) is 0 Å². The van der Waals surface area contributed by atoms with Gasteiger partial charge in [0.25, 0.3) is 0 Å². The number of benzene rings is 1. The highest BCUT2D eigenvalue weighted by molar-refractivity contribution is 6.33. The van der Waals surface area contributed by atoms with Crippen LogP contribution in [0.2, 0.25) is 5.02 Å². The van der Waals surface area contributed by atoms with Gasteiger partial charge in [-0.05, 0) is 43.7 Å². The van der Waals surface area contributed by atoms with Crippen LogP contribution in [0, 0.1) is 0 Å². The predicted octanol–water partition coefficient (Wildman–Crippen LogP) is 4.46. The lowest BCUT2D eigenvalue weighted by atomic mass is 10.1. The van der Waals surface area contributed by atoms with Crippen molar-refractivity contribution < 1.29 is 27.5 Å². The fraction of sp³-hybridized carbons (Fsp3) is 0.409. The summed E-state index contributed by atoms with van der Waals surface area (Å²) in [5.41, 5.74) is -0.281. The first-order chi connectivity index (χ1) is 15.1. The average molecular weight is 470 g/mol. The van der Waals surface area contributed by atoms with Crippen molar-refractivity contribution in [2.75, 3.05) is 37.7 Å². The van der Waals surface area contributed by atoms with Crippen molar-refractivity contribution in [1.82, 2.24) is 9.88 Å². The summed E-state index contributed by atoms with van der Waals surface area (Å²) in [5, 5.41) is -0.0620. The molecular weight excluding hydrogens is 447 g/mol. The van der Waals surface area contributed by atoms with Crippen molar-refractivity contribution in [2.24, 2.45) is 0 Å². The number of ketones is 1. The van der Waals surface area contributed by atoms with Crippen LogP contribution in [-0.2, 0) is 11.0 Å². The van der Waals surface area contributed by atoms with Gasteiger partial charge < -0.3 is 14.5 Å². The van der Waals surface area contributed by atoms with Crippen molar-refractivity contribution in [1.29, 1.82) is 0 Å². The number of hydrogen-bond donors (Lipinski definition) is 0. The number of alkyl halides is 3. The van der Waals surface area contributed by atoms with Gasteiger partial charge in [-0.25, -0.2) is 4.98 Å². The number of carbonyl (C=O) groups is 2. The highest BCUT2D eigenvalue weighted by Crippen LogP contribution is 2.33. The Hall–Kier alpha value is -2.81. The SMILES string of the molecule is CC(=O)c1ccc(OCCCC(=O)N2CCN(c3ncc(C(F)(F)F)cc3Cl)CC2)cc1. The lowest BCUT2D eigenvalue weighted by molar-refractivity contribution is -0.137. The average Bonchev–Trinajstić information content (AvgIpc) is 2.76. The first kappa shape index (κ1) is 23.8. The summed E-state index contributed by atoms with van der Waals surface area (Å²) < 4.78 is 43.9. The molecule has 0 atom stereocenters. The number of carbonyl (C=O) groups excluding carboxylic acids is 2. The zero-order chi connectivity index (χ0) is 23.3. The molecule has 1 fully saturated rings. The fourth-order valence-corrected chi connectivity index (χ4v) is 3.63. The molecule has 0 radical (unpaired) electrons. The van der Waals surface area contributed by atoms with Crippen LogP contribution in [0.15, 0.2) is 36.5 Å². The molecule has 2 heterocycles. The normalized spacial score (nSPS) is 14.4. The second-order valence-electron chi connectivity index (χ2n) is 7.43. The fourth-order valence-electron chi connectivity index (χ4n) is 3.34. The smallest absolute Gasteiger partial charge is 0.417 e. The third kappa shape index (κ3) is 6.12. The zero-order valence-corrected chi connectivity index (χ0v) is 18.2. The number of halogens is 4. The first-order valence-corrected chi connectivity index (χ1v) is 10.5. The maximum atomic E-state index is 12.8. The minimum absolute atomic E-state index is 0.00773. The lowest BCUT2D eigenvalue weighted by Gasteiger charge is -2.36. The summed E-state index contributed by atoms with van der Waals surface area (Å²) in [4.78, 5) is 31.1. The van der Waals surface area contributed by atoms with E-state index < -0.39 is 11.7 Å². The monoisotopic (exact) mass is 469 g/mol. The van der Waals surface area contributed by atoms with Gasteiger partial charge in [0.1, 0.15) is 11.6 Å². The molecule has 0 spiro atoms. The van der Waals surface area contributed by atoms with E-state index in [-0.39, 0.29) is 22.5 Å². The van der Waals surface area contributed by atoms with E-state index >= 15 is 0 Å². The first-order valence-electron chi connectivity index (χ1n) is 10.1. The van der Waals surface area contributed by atoms with Crippen LogP contribution in [-0.4, -0.2) is 54.4 Å². The van der Waals surface area contributed by atoms with Gasteiger partial charge in [-0.2, -0.15) is 13.2 Å². The van der Waals surface area contributed by atoms with Gasteiger partial charge in [0.15, 0.2) is 5.78 Å². The minimum atomic E-state index is -4.50. The third-order valence-corrected chi connectivity index (χ3v) is 5.42. The van der Waals surface area contributed by atoms with Crippen molar-refractivity contribution >= 4 is 29.1 Å². The predicted molar refractivity (Wildman–Crippen MR) is 114 cm³/mol. The number of rotatable bonds is 7. The largest absolute Gasteiger partial charge is 0.494 e. The molecule has 0 bridgehead atoms. The number of hydrogen-bond acceptors (Lipinski definition) is 5. The van der Waals surface area contributed by atoms with Crippen LogP contribution in [0.1, 0.15) is 35.7 Å². The molecule has 32 heavy (non-hydrogen) atoms. The molecule has 1 amide bonds. The molecule has 0 saturated carbocycles. The van der Waals surface area contributed by atoms with Gasteiger partial charge in [-0.1, -0.05) is 11.6 Å². The minimum Gasteiger partial charge on any atom is -0.494 e. The molecule has 1 saturated heterocycles. The van der Waals surface area contributed by atoms with E-state index in [4.69, 9.17) is 16.3 Å². The molecule has 0 aliphatic carbocycles. The van der Waals surface area contributed by atoms with Crippen LogP contribution >= 0.6 is 11.6 Å². The van der Waals surface area contributed by atoms with E-state index in [0.717, 1.165) is 12.3 Å². The lowest BCUT2D eigenvalue weighted by Crippen LogP contribution is -2.49. The Balaban J connectivity index is 1.42. The summed E-state index contributed by atoms with van der Waals surface area (Å²) in [5.74, 6) is 0.901. The standard InChI is InChI=1S/C22H23ClF3N3O3/c1-15(30)16-4-6-18(7-5-16)32-12-2-3-20(31)28-8-10-29(11-9-28)21-19(23)13-17(14-27-21)22(24,25)26/h4-7,13-14H,2-3,8-12H2,1H3. The molecule has 1 aliphatic rings. The number of ether oxygens (including phenoxy) is 1. The van der Waals surface area contributed by atoms with Gasteiger partial charge in [-0.15, -0.1) is 0 Å². The van der Waals surface area contributed by atoms with E-state index in [1.807, 2.05) is 0 Å². The van der Waals surface area contributed by atoms with Crippen molar-refractivity contribution in [3.63, 3.8) is 0 Å². The highest BCUT2D eigenvalue weighted by Gasteiger charge is 2.32. The Bertz CT molecular complexity index is 959. The van der Waals surface area contributed by atoms with E-state index in [1.54, 1.807) is 34.1 Å². The molecule has 1 aromatic carbocycles. The van der Waals surface area contributed by atoms with Gasteiger partial charge in [0.05, 0.1) is 17.2 Å². The van der Waals surface area contributed by atoms with Crippen molar-refractivity contribution in [3.8, 4) is 5.75 Å². The van der Waals surface area contributed by atoms with E-state index in [2.05, 4.69) is 4.98 Å². The summed E-state index contributed by atoms with van der Waals surface area (Å²) in [6.07, 6.45) is -2.86. The van der Waals surface area contributed by atoms with Gasteiger partial charge >= 0.3 is 6.18 Å². The van der Waals surface area contributed by atoms with E-state index in [0.29, 0.717) is 56.9 Å². The molecule has 1 aromatic heterocycles. The number of pyridine rings is 1. The molecule has 10 heteroatoms. The molecule has 0 unspecified atom stereocenters. The molecule has 3 rings (SSSR count). The number of Topliss-reactive ketones (excluding diaryl/α,β-unsaturated/α-hetero) is 1. The van der Waals surface area contributed by atoms with Crippen LogP contribution in [0.4, 0.5) is 19.0 Å². The zero-order valence-electron chi connectivity index (χ0n) is 17.5. The quantitative estimate of drug-likeness (QED) is 0.442. The van der Waals surface area contributed by atoms with Crippen molar-refractivity contribution in [3.05, 3.63) is 52.7 Å². The Labute approximate surface area is 188 Å². The molecule has 2 aromatic rings. The van der Waals surface area contributed by atoms with Crippen LogP contribution in [0.3, 0.4) is 0 Å². The van der Waals surface area contributed by atoms with Crippen LogP contribution < -0.4 is 9.64 Å². The van der Waals surface area contributed by atoms with E-state index in [1.165, 1.54) is 6.92 Å². The Morgan fingerprint density at radius 3 is 2.34 bits per heavy atom. The summed E-state index contributed by atoms with van der Waals surface area (Å²) in [6.45, 7) is 3.61. The Morgan fingerprint density at radius 1 is 1.12 bits per heavy atom. The molecule has 172 valence electrons. The van der Waals surface area contributed by atoms with Gasteiger partial charge in [0, 0.05) is 44.4 Å². The second-order valence-corrected chi connectivity index (χ2v) is 7.83. The molecular formula is C22H23ClF3N3O3. The molecule has 0 N–H and O–H groups in total. The van der Waals surface area contributed by atoms with E-state index in [9.17, 15) is 22.8 Å². The number of anilines is 1. The molecule has 1 aliphatic heterocycles. The maximum absolute atomic E-state index is 12.8.